The van der Waals surface area contributed by atoms with Gasteiger partial charge in [0.25, 0.3) is 10.0 Å². The van der Waals surface area contributed by atoms with Crippen molar-refractivity contribution in [3.8, 4) is 0 Å². The van der Waals surface area contributed by atoms with E-state index in [-0.39, 0.29) is 0 Å². The number of hydrogen-bond acceptors (Lipinski definition) is 3. The van der Waals surface area contributed by atoms with Crippen LogP contribution in [0.2, 0.25) is 0 Å². The van der Waals surface area contributed by atoms with E-state index in [0.717, 1.165) is 6.26 Å². The molecule has 0 aliphatic rings. The Balaban J connectivity index is 4.44. The smallest absolute Gasteiger partial charge is 0.204 e. The summed E-state index contributed by atoms with van der Waals surface area (Å²) in [6.45, 7) is 0. The van der Waals surface area contributed by atoms with E-state index >= 15 is 0 Å². The van der Waals surface area contributed by atoms with Crippen molar-refractivity contribution in [3.63, 3.8) is 0 Å². The van der Waals surface area contributed by atoms with E-state index in [1.807, 2.05) is 0 Å². The highest BCUT2D eigenvalue weighted by molar-refractivity contribution is 7.90. The largest absolute Gasteiger partial charge is 0.258 e. The molecule has 0 fully saturated rings. The average Bonchev–Trinajstić information content (AvgIpc) is 1.30. The number of sulfonamides is 1. The van der Waals surface area contributed by atoms with Crippen LogP contribution >= 0.6 is 12.2 Å². The third-order valence-corrected chi connectivity index (χ3v) is 0.833. The average molecular weight is 137 g/mol. The molecular weight excluding hydrogens is 134 g/mol. The molecule has 0 aliphatic carbocycles. The van der Waals surface area contributed by atoms with Crippen molar-refractivity contribution in [2.24, 2.45) is 4.40 Å². The van der Waals surface area contributed by atoms with Crippen molar-refractivity contribution in [3.05, 3.63) is 0 Å². The molecule has 0 saturated heterocycles. The second-order valence-corrected chi connectivity index (χ2v) is 2.75. The lowest BCUT2D eigenvalue weighted by atomic mass is 11.8. The summed E-state index contributed by atoms with van der Waals surface area (Å²) < 4.78 is 22.7. The van der Waals surface area contributed by atoms with Crippen molar-refractivity contribution < 1.29 is 8.42 Å². The van der Waals surface area contributed by atoms with Gasteiger partial charge < -0.3 is 0 Å². The van der Waals surface area contributed by atoms with Crippen molar-refractivity contribution in [2.45, 2.75) is 0 Å². The molecule has 0 unspecified atom stereocenters. The van der Waals surface area contributed by atoms with Crippen LogP contribution in [0.25, 0.3) is 0 Å². The predicted octanol–water partition coefficient (Wildman–Crippen LogP) is 0.0488. The van der Waals surface area contributed by atoms with E-state index in [1.165, 1.54) is 0 Å². The van der Waals surface area contributed by atoms with E-state index in [9.17, 15) is 8.42 Å². The first-order chi connectivity index (χ1) is 3.06. The third-order valence-electron chi connectivity index (χ3n) is 0.203. The minimum absolute atomic E-state index is 0.951. The summed E-state index contributed by atoms with van der Waals surface area (Å²) in [6, 6.07) is 0. The molecule has 0 spiro atoms. The number of thiocarbonyl (C=S) groups is 1. The van der Waals surface area contributed by atoms with E-state index in [4.69, 9.17) is 0 Å². The van der Waals surface area contributed by atoms with E-state index in [0.29, 0.717) is 0 Å². The molecular formula is C2H3NO2S2. The van der Waals surface area contributed by atoms with Gasteiger partial charge in [-0.15, -0.1) is 4.40 Å². The number of hydrogen-bond donors (Lipinski definition) is 0. The van der Waals surface area contributed by atoms with Crippen LogP contribution in [-0.4, -0.2) is 19.8 Å². The van der Waals surface area contributed by atoms with Gasteiger partial charge in [0.1, 0.15) is 0 Å². The van der Waals surface area contributed by atoms with Crippen molar-refractivity contribution in [2.75, 3.05) is 6.26 Å². The Labute approximate surface area is 47.1 Å². The highest BCUT2D eigenvalue weighted by atomic mass is 32.2. The molecule has 5 heteroatoms. The molecule has 0 aliphatic heterocycles. The normalized spacial score (nSPS) is 9.86. The third kappa shape index (κ3) is 5.75. The fraction of sp³-hybridized carbons (Fsp3) is 0.500. The Morgan fingerprint density at radius 3 is 2.14 bits per heavy atom. The van der Waals surface area contributed by atoms with E-state index in [1.54, 1.807) is 5.16 Å². The van der Waals surface area contributed by atoms with Gasteiger partial charge in [0.05, 0.1) is 11.4 Å². The van der Waals surface area contributed by atoms with Gasteiger partial charge in [-0.25, -0.2) is 8.42 Å². The second kappa shape index (κ2) is 2.16. The molecule has 0 aromatic carbocycles. The van der Waals surface area contributed by atoms with Gasteiger partial charge in [-0.3, -0.25) is 0 Å². The van der Waals surface area contributed by atoms with E-state index < -0.39 is 10.0 Å². The molecule has 0 radical (unpaired) electrons. The number of rotatable bonds is 1. The molecule has 0 aromatic heterocycles. The van der Waals surface area contributed by atoms with Crippen LogP contribution in [0.15, 0.2) is 4.40 Å². The molecule has 3 nitrogen and oxygen atoms in total. The number of nitrogens with zero attached hydrogens (tertiary/aromatic N) is 1. The first-order valence-electron chi connectivity index (χ1n) is 1.35. The van der Waals surface area contributed by atoms with E-state index in [2.05, 4.69) is 16.6 Å². The molecule has 0 heterocycles. The molecule has 0 N–H and O–H groups in total. The summed E-state index contributed by atoms with van der Waals surface area (Å²) in [5, 5.41) is 1.73. The summed E-state index contributed by atoms with van der Waals surface area (Å²) in [5.74, 6) is 0. The van der Waals surface area contributed by atoms with Crippen molar-refractivity contribution >= 4 is 27.4 Å². The highest BCUT2D eigenvalue weighted by Gasteiger charge is 1.89. The minimum atomic E-state index is -3.26. The zero-order valence-corrected chi connectivity index (χ0v) is 5.21. The molecule has 0 bridgehead atoms. The molecule has 0 amide bonds. The van der Waals surface area contributed by atoms with Gasteiger partial charge in [0.15, 0.2) is 0 Å². The molecule has 0 rings (SSSR count). The fourth-order valence-electron chi connectivity index (χ4n) is 0.0677. The van der Waals surface area contributed by atoms with Gasteiger partial charge in [-0.1, -0.05) is 0 Å². The summed E-state index contributed by atoms with van der Waals surface area (Å²) in [5.41, 5.74) is 0. The van der Waals surface area contributed by atoms with Crippen LogP contribution in [0.5, 0.6) is 0 Å². The van der Waals surface area contributed by atoms with Crippen LogP contribution in [-0.2, 0) is 10.0 Å². The van der Waals surface area contributed by atoms with Crippen LogP contribution in [0.3, 0.4) is 0 Å². The SMILES string of the molecule is CS(=O)(=O)N=C=S. The lowest BCUT2D eigenvalue weighted by molar-refractivity contribution is 0.604. The quantitative estimate of drug-likeness (QED) is 0.379. The number of isothiocyanates is 1. The second-order valence-electron chi connectivity index (χ2n) is 0.916. The minimum Gasteiger partial charge on any atom is -0.204 e. The van der Waals surface area contributed by atoms with Crippen LogP contribution < -0.4 is 0 Å². The summed E-state index contributed by atoms with van der Waals surface area (Å²) >= 11 is 4.00. The fourth-order valence-corrected chi connectivity index (χ4v) is 0.609. The van der Waals surface area contributed by atoms with Gasteiger partial charge in [-0.2, -0.15) is 0 Å². The zero-order chi connectivity index (χ0) is 5.91. The maximum atomic E-state index is 9.94. The highest BCUT2D eigenvalue weighted by Crippen LogP contribution is 1.77. The Kier molecular flexibility index (Phi) is 2.08. The maximum absolute atomic E-state index is 9.94. The molecule has 40 valence electrons. The van der Waals surface area contributed by atoms with Gasteiger partial charge in [-0.05, 0) is 12.2 Å². The van der Waals surface area contributed by atoms with Gasteiger partial charge >= 0.3 is 0 Å². The standard InChI is InChI=1S/C2H3NO2S2/c1-7(4,5)3-2-6/h1H3. The molecule has 7 heavy (non-hydrogen) atoms. The molecule has 0 aromatic rings. The Morgan fingerprint density at radius 2 is 2.14 bits per heavy atom. The first-order valence-corrected chi connectivity index (χ1v) is 3.61. The molecule has 0 atom stereocenters. The van der Waals surface area contributed by atoms with Crippen molar-refractivity contribution in [1.29, 1.82) is 0 Å². The first kappa shape index (κ1) is 6.75. The Morgan fingerprint density at radius 1 is 1.71 bits per heavy atom. The van der Waals surface area contributed by atoms with Crippen LogP contribution in [0, 0.1) is 0 Å². The van der Waals surface area contributed by atoms with Crippen LogP contribution in [0.1, 0.15) is 0 Å². The summed E-state index contributed by atoms with van der Waals surface area (Å²) in [6.07, 6.45) is 0.951. The topological polar surface area (TPSA) is 46.5 Å². The predicted molar refractivity (Wildman–Crippen MR) is 29.9 cm³/mol. The van der Waals surface area contributed by atoms with Gasteiger partial charge in [0, 0.05) is 0 Å². The zero-order valence-electron chi connectivity index (χ0n) is 3.58. The summed E-state index contributed by atoms with van der Waals surface area (Å²) in [4.78, 5) is 0. The Hall–Kier alpha value is -0.250. The van der Waals surface area contributed by atoms with Gasteiger partial charge in [0.2, 0.25) is 0 Å². The maximum Gasteiger partial charge on any atom is 0.258 e. The van der Waals surface area contributed by atoms with Crippen LogP contribution in [0.4, 0.5) is 0 Å². The monoisotopic (exact) mass is 137 g/mol. The Bertz CT molecular complexity index is 186. The molecule has 0 saturated carbocycles. The lowest BCUT2D eigenvalue weighted by Crippen LogP contribution is -1.86. The summed E-state index contributed by atoms with van der Waals surface area (Å²) in [7, 11) is -3.26. The van der Waals surface area contributed by atoms with Crippen molar-refractivity contribution in [1.82, 2.24) is 0 Å². The lowest BCUT2D eigenvalue weighted by Gasteiger charge is -1.73.